The number of hydrogen-bond donors (Lipinski definition) is 2. The molecule has 0 atom stereocenters. The maximum absolute atomic E-state index is 13.6. The Labute approximate surface area is 119 Å². The maximum atomic E-state index is 13.6. The molecule has 1 aromatic heterocycles. The number of rotatable bonds is 3. The van der Waals surface area contributed by atoms with Gasteiger partial charge >= 0.3 is 0 Å². The van der Waals surface area contributed by atoms with Gasteiger partial charge in [-0.25, -0.2) is 27.5 Å². The summed E-state index contributed by atoms with van der Waals surface area (Å²) in [6.45, 7) is 1.62. The molecule has 9 heteroatoms. The molecule has 0 saturated carbocycles. The minimum atomic E-state index is -4.19. The zero-order chi connectivity index (χ0) is 14.9. The molecule has 0 spiro atoms. The van der Waals surface area contributed by atoms with Crippen LogP contribution in [0, 0.1) is 12.7 Å². The molecule has 0 aliphatic heterocycles. The first-order valence-electron chi connectivity index (χ1n) is 5.37. The van der Waals surface area contributed by atoms with Crippen LogP contribution >= 0.6 is 11.6 Å². The molecule has 3 N–H and O–H groups in total. The van der Waals surface area contributed by atoms with Crippen LogP contribution in [-0.2, 0) is 10.0 Å². The number of aromatic nitrogens is 2. The van der Waals surface area contributed by atoms with Crippen LogP contribution in [0.5, 0.6) is 0 Å². The van der Waals surface area contributed by atoms with E-state index in [0.717, 1.165) is 12.1 Å². The second-order valence-electron chi connectivity index (χ2n) is 3.95. The van der Waals surface area contributed by atoms with E-state index in [4.69, 9.17) is 17.3 Å². The molecule has 20 heavy (non-hydrogen) atoms. The number of aryl methyl sites for hydroxylation is 1. The van der Waals surface area contributed by atoms with Crippen LogP contribution in [0.25, 0.3) is 0 Å². The van der Waals surface area contributed by atoms with Crippen molar-refractivity contribution in [3.05, 3.63) is 40.9 Å². The van der Waals surface area contributed by atoms with Crippen molar-refractivity contribution in [3.8, 4) is 0 Å². The predicted octanol–water partition coefficient (Wildman–Crippen LogP) is 1.96. The minimum Gasteiger partial charge on any atom is -0.399 e. The Morgan fingerprint density at radius 1 is 1.30 bits per heavy atom. The van der Waals surface area contributed by atoms with Crippen LogP contribution in [0.4, 0.5) is 16.0 Å². The lowest BCUT2D eigenvalue weighted by Gasteiger charge is -2.08. The van der Waals surface area contributed by atoms with E-state index in [-0.39, 0.29) is 16.8 Å². The average molecular weight is 317 g/mol. The van der Waals surface area contributed by atoms with Crippen molar-refractivity contribution in [3.63, 3.8) is 0 Å². The fourth-order valence-corrected chi connectivity index (χ4v) is 2.77. The molecule has 2 rings (SSSR count). The van der Waals surface area contributed by atoms with Gasteiger partial charge in [0, 0.05) is 11.4 Å². The molecule has 0 unspecified atom stereocenters. The lowest BCUT2D eigenvalue weighted by molar-refractivity contribution is 0.570. The van der Waals surface area contributed by atoms with Crippen LogP contribution in [0.1, 0.15) is 5.69 Å². The largest absolute Gasteiger partial charge is 0.399 e. The minimum absolute atomic E-state index is 0.0725. The number of hydrogen-bond acceptors (Lipinski definition) is 5. The third kappa shape index (κ3) is 3.14. The monoisotopic (exact) mass is 316 g/mol. The van der Waals surface area contributed by atoms with E-state index < -0.39 is 20.7 Å². The van der Waals surface area contributed by atoms with Gasteiger partial charge in [0.1, 0.15) is 15.9 Å². The number of halogens is 2. The van der Waals surface area contributed by atoms with Gasteiger partial charge in [-0.3, -0.25) is 0 Å². The summed E-state index contributed by atoms with van der Waals surface area (Å²) in [5.41, 5.74) is 6.04. The molecule has 0 aliphatic rings. The Balaban J connectivity index is 2.43. The zero-order valence-electron chi connectivity index (χ0n) is 10.3. The lowest BCUT2D eigenvalue weighted by Crippen LogP contribution is -2.17. The number of nitrogens with one attached hydrogen (secondary N) is 1. The molecule has 0 amide bonds. The van der Waals surface area contributed by atoms with Gasteiger partial charge in [-0.1, -0.05) is 11.6 Å². The first-order valence-corrected chi connectivity index (χ1v) is 7.23. The smallest absolute Gasteiger partial charge is 0.267 e. The van der Waals surface area contributed by atoms with Crippen LogP contribution in [-0.4, -0.2) is 18.4 Å². The Bertz CT molecular complexity index is 747. The number of sulfonamides is 1. The van der Waals surface area contributed by atoms with Crippen molar-refractivity contribution >= 4 is 33.3 Å². The predicted molar refractivity (Wildman–Crippen MR) is 73.4 cm³/mol. The lowest BCUT2D eigenvalue weighted by atomic mass is 10.3. The number of nitrogen functional groups attached to an aromatic ring is 1. The van der Waals surface area contributed by atoms with Gasteiger partial charge in [0.15, 0.2) is 0 Å². The standard InChI is InChI=1S/C11H10ClFN4O2S/c1-6-4-10(12)16-11(15-6)17-20(18,19)9-5-7(14)2-3-8(9)13/h2-5H,14H2,1H3,(H,15,16,17). The van der Waals surface area contributed by atoms with E-state index in [1.807, 2.05) is 0 Å². The summed E-state index contributed by atoms with van der Waals surface area (Å²) >= 11 is 5.70. The molecule has 0 radical (unpaired) electrons. The van der Waals surface area contributed by atoms with E-state index in [9.17, 15) is 12.8 Å². The van der Waals surface area contributed by atoms with Gasteiger partial charge in [-0.05, 0) is 31.2 Å². The van der Waals surface area contributed by atoms with Crippen molar-refractivity contribution in [1.82, 2.24) is 9.97 Å². The molecule has 1 aromatic carbocycles. The van der Waals surface area contributed by atoms with Crippen molar-refractivity contribution in [1.29, 1.82) is 0 Å². The average Bonchev–Trinajstić information content (AvgIpc) is 2.30. The molecular weight excluding hydrogens is 307 g/mol. The van der Waals surface area contributed by atoms with Crippen molar-refractivity contribution in [2.45, 2.75) is 11.8 Å². The van der Waals surface area contributed by atoms with Gasteiger partial charge in [0.25, 0.3) is 10.0 Å². The van der Waals surface area contributed by atoms with Crippen molar-refractivity contribution < 1.29 is 12.8 Å². The Hall–Kier alpha value is -1.93. The third-order valence-electron chi connectivity index (χ3n) is 2.29. The molecule has 0 fully saturated rings. The first-order chi connectivity index (χ1) is 9.28. The molecule has 1 heterocycles. The van der Waals surface area contributed by atoms with Crippen LogP contribution < -0.4 is 10.5 Å². The Morgan fingerprint density at radius 2 is 2.00 bits per heavy atom. The zero-order valence-corrected chi connectivity index (χ0v) is 11.8. The number of benzene rings is 1. The summed E-state index contributed by atoms with van der Waals surface area (Å²) in [5.74, 6) is -1.16. The number of nitrogens with two attached hydrogens (primary N) is 1. The summed E-state index contributed by atoms with van der Waals surface area (Å²) in [7, 11) is -4.19. The molecule has 2 aromatic rings. The van der Waals surface area contributed by atoms with E-state index in [1.165, 1.54) is 12.1 Å². The van der Waals surface area contributed by atoms with Gasteiger partial charge in [0.05, 0.1) is 0 Å². The van der Waals surface area contributed by atoms with Gasteiger partial charge in [-0.2, -0.15) is 0 Å². The molecule has 0 saturated heterocycles. The van der Waals surface area contributed by atoms with Crippen molar-refractivity contribution in [2.24, 2.45) is 0 Å². The van der Waals surface area contributed by atoms with E-state index >= 15 is 0 Å². The van der Waals surface area contributed by atoms with E-state index in [0.29, 0.717) is 5.69 Å². The second kappa shape index (κ2) is 5.22. The Kier molecular flexibility index (Phi) is 3.78. The normalized spacial score (nSPS) is 11.3. The fourth-order valence-electron chi connectivity index (χ4n) is 1.48. The second-order valence-corrected chi connectivity index (χ2v) is 5.99. The molecule has 106 valence electrons. The number of nitrogens with zero attached hydrogens (tertiary/aromatic N) is 2. The third-order valence-corrected chi connectivity index (χ3v) is 3.83. The van der Waals surface area contributed by atoms with Gasteiger partial charge in [0.2, 0.25) is 5.95 Å². The highest BCUT2D eigenvalue weighted by atomic mass is 35.5. The summed E-state index contributed by atoms with van der Waals surface area (Å²) in [4.78, 5) is 6.98. The van der Waals surface area contributed by atoms with Crippen molar-refractivity contribution in [2.75, 3.05) is 10.5 Å². The van der Waals surface area contributed by atoms with E-state index in [2.05, 4.69) is 14.7 Å². The first kappa shape index (κ1) is 14.5. The highest BCUT2D eigenvalue weighted by molar-refractivity contribution is 7.92. The molecule has 6 nitrogen and oxygen atoms in total. The SMILES string of the molecule is Cc1cc(Cl)nc(NS(=O)(=O)c2cc(N)ccc2F)n1. The summed E-state index contributed by atoms with van der Waals surface area (Å²) in [6.07, 6.45) is 0. The van der Waals surface area contributed by atoms with Crippen LogP contribution in [0.2, 0.25) is 5.15 Å². The fraction of sp³-hybridized carbons (Fsp3) is 0.0909. The topological polar surface area (TPSA) is 98.0 Å². The highest BCUT2D eigenvalue weighted by Gasteiger charge is 2.21. The summed E-state index contributed by atoms with van der Waals surface area (Å²) < 4.78 is 39.8. The number of anilines is 2. The van der Waals surface area contributed by atoms with Crippen LogP contribution in [0.15, 0.2) is 29.2 Å². The highest BCUT2D eigenvalue weighted by Crippen LogP contribution is 2.20. The quantitative estimate of drug-likeness (QED) is 0.666. The molecule has 0 bridgehead atoms. The summed E-state index contributed by atoms with van der Waals surface area (Å²) in [5, 5.41) is 0.0725. The van der Waals surface area contributed by atoms with Gasteiger partial charge < -0.3 is 5.73 Å². The maximum Gasteiger partial charge on any atom is 0.267 e. The summed E-state index contributed by atoms with van der Waals surface area (Å²) in [6, 6.07) is 4.69. The Morgan fingerprint density at radius 3 is 2.65 bits per heavy atom. The van der Waals surface area contributed by atoms with E-state index in [1.54, 1.807) is 6.92 Å². The molecular formula is C11H10ClFN4O2S. The van der Waals surface area contributed by atoms with Crippen LogP contribution in [0.3, 0.4) is 0 Å². The molecule has 0 aliphatic carbocycles. The van der Waals surface area contributed by atoms with Gasteiger partial charge in [-0.15, -0.1) is 0 Å².